The first-order chi connectivity index (χ1) is 8.40. The van der Waals surface area contributed by atoms with Crippen LogP contribution in [0.1, 0.15) is 6.92 Å². The van der Waals surface area contributed by atoms with Gasteiger partial charge in [0.25, 0.3) is 0 Å². The van der Waals surface area contributed by atoms with Gasteiger partial charge in [-0.1, -0.05) is 0 Å². The monoisotopic (exact) mass is 269 g/mol. The van der Waals surface area contributed by atoms with Crippen LogP contribution >= 0.6 is 0 Å². The Labute approximate surface area is 98.5 Å². The molecule has 8 heteroatoms. The molecule has 0 fully saturated rings. The van der Waals surface area contributed by atoms with E-state index in [1.165, 1.54) is 6.92 Å². The van der Waals surface area contributed by atoms with Crippen LogP contribution in [0.2, 0.25) is 0 Å². The third kappa shape index (κ3) is 2.69. The van der Waals surface area contributed by atoms with E-state index in [9.17, 15) is 26.7 Å². The summed E-state index contributed by atoms with van der Waals surface area (Å²) >= 11 is 0. The third-order valence-corrected chi connectivity index (χ3v) is 1.92. The minimum atomic E-state index is -2.26. The lowest BCUT2D eigenvalue weighted by Crippen LogP contribution is -2.19. The van der Waals surface area contributed by atoms with Gasteiger partial charge in [-0.15, -0.1) is 0 Å². The van der Waals surface area contributed by atoms with Crippen molar-refractivity contribution in [2.75, 3.05) is 18.5 Å². The van der Waals surface area contributed by atoms with E-state index >= 15 is 0 Å². The second kappa shape index (κ2) is 5.65. The van der Waals surface area contributed by atoms with Gasteiger partial charge < -0.3 is 10.1 Å². The normalized spacial score (nSPS) is 10.3. The molecule has 0 saturated heterocycles. The lowest BCUT2D eigenvalue weighted by atomic mass is 10.2. The molecule has 0 saturated carbocycles. The molecule has 0 atom stereocenters. The molecule has 1 aromatic carbocycles. The molecule has 1 rings (SSSR count). The minimum Gasteiger partial charge on any atom is -0.465 e. The van der Waals surface area contributed by atoms with Crippen LogP contribution in [-0.2, 0) is 9.53 Å². The largest absolute Gasteiger partial charge is 0.465 e. The predicted molar refractivity (Wildman–Crippen MR) is 51.4 cm³/mol. The number of anilines is 1. The maximum absolute atomic E-state index is 13.1. The minimum absolute atomic E-state index is 0.0254. The number of nitrogens with one attached hydrogen (secondary N) is 1. The van der Waals surface area contributed by atoms with Crippen LogP contribution in [0.15, 0.2) is 0 Å². The van der Waals surface area contributed by atoms with Gasteiger partial charge in [0, 0.05) is 0 Å². The van der Waals surface area contributed by atoms with Gasteiger partial charge >= 0.3 is 5.97 Å². The Kier molecular flexibility index (Phi) is 4.46. The van der Waals surface area contributed by atoms with Crippen molar-refractivity contribution in [2.24, 2.45) is 0 Å². The zero-order chi connectivity index (χ0) is 13.9. The molecular formula is C10H8F5NO2. The number of hydrogen-bond acceptors (Lipinski definition) is 3. The Morgan fingerprint density at radius 3 is 1.89 bits per heavy atom. The molecule has 0 bridgehead atoms. The molecule has 0 aliphatic rings. The summed E-state index contributed by atoms with van der Waals surface area (Å²) in [5, 5.41) is 1.80. The van der Waals surface area contributed by atoms with Crippen molar-refractivity contribution >= 4 is 11.7 Å². The second-order valence-corrected chi connectivity index (χ2v) is 3.10. The fraction of sp³-hybridized carbons (Fsp3) is 0.300. The van der Waals surface area contributed by atoms with E-state index in [2.05, 4.69) is 4.74 Å². The van der Waals surface area contributed by atoms with Crippen molar-refractivity contribution in [1.82, 2.24) is 0 Å². The highest BCUT2D eigenvalue weighted by Gasteiger charge is 2.25. The number of carbonyl (C=O) groups excluding carboxylic acids is 1. The molecule has 0 aromatic heterocycles. The van der Waals surface area contributed by atoms with Gasteiger partial charge in [-0.05, 0) is 6.92 Å². The summed E-state index contributed by atoms with van der Waals surface area (Å²) in [6, 6.07) is 0. The Balaban J connectivity index is 2.99. The van der Waals surface area contributed by atoms with Crippen LogP contribution in [-0.4, -0.2) is 19.1 Å². The summed E-state index contributed by atoms with van der Waals surface area (Å²) in [4.78, 5) is 10.9. The molecule has 1 aromatic rings. The van der Waals surface area contributed by atoms with Crippen LogP contribution in [0.5, 0.6) is 0 Å². The molecule has 18 heavy (non-hydrogen) atoms. The third-order valence-electron chi connectivity index (χ3n) is 1.92. The molecule has 0 unspecified atom stereocenters. The van der Waals surface area contributed by atoms with Crippen molar-refractivity contribution in [2.45, 2.75) is 6.92 Å². The van der Waals surface area contributed by atoms with Crippen molar-refractivity contribution < 1.29 is 31.5 Å². The van der Waals surface area contributed by atoms with E-state index in [1.54, 1.807) is 5.32 Å². The number of carbonyl (C=O) groups is 1. The fourth-order valence-corrected chi connectivity index (χ4v) is 1.13. The summed E-state index contributed by atoms with van der Waals surface area (Å²) in [6.07, 6.45) is 0. The van der Waals surface area contributed by atoms with Gasteiger partial charge in [-0.25, -0.2) is 22.0 Å². The van der Waals surface area contributed by atoms with Crippen LogP contribution in [0.3, 0.4) is 0 Å². The number of rotatable bonds is 4. The maximum atomic E-state index is 13.1. The summed E-state index contributed by atoms with van der Waals surface area (Å²) in [5.41, 5.74) is -1.26. The first-order valence-electron chi connectivity index (χ1n) is 4.81. The molecule has 0 heterocycles. The van der Waals surface area contributed by atoms with Gasteiger partial charge in [0.2, 0.25) is 5.82 Å². The van der Waals surface area contributed by atoms with E-state index in [-0.39, 0.29) is 6.61 Å². The first-order valence-corrected chi connectivity index (χ1v) is 4.81. The fourth-order valence-electron chi connectivity index (χ4n) is 1.13. The number of ether oxygens (including phenoxy) is 1. The summed E-state index contributed by atoms with van der Waals surface area (Å²) in [6.45, 7) is 0.806. The van der Waals surface area contributed by atoms with E-state index in [4.69, 9.17) is 0 Å². The van der Waals surface area contributed by atoms with Gasteiger partial charge in [0.15, 0.2) is 23.3 Å². The van der Waals surface area contributed by atoms with E-state index in [1.807, 2.05) is 0 Å². The summed E-state index contributed by atoms with van der Waals surface area (Å²) in [5.74, 6) is -11.4. The van der Waals surface area contributed by atoms with Gasteiger partial charge in [0.05, 0.1) is 6.61 Å². The lowest BCUT2D eigenvalue weighted by molar-refractivity contribution is -0.140. The maximum Gasteiger partial charge on any atom is 0.325 e. The molecule has 1 N–H and O–H groups in total. The number of esters is 1. The quantitative estimate of drug-likeness (QED) is 0.394. The van der Waals surface area contributed by atoms with E-state index < -0.39 is 47.3 Å². The molecule has 3 nitrogen and oxygen atoms in total. The topological polar surface area (TPSA) is 38.3 Å². The molecule has 100 valence electrons. The van der Waals surface area contributed by atoms with E-state index in [0.717, 1.165) is 0 Å². The average Bonchev–Trinajstić information content (AvgIpc) is 2.34. The second-order valence-electron chi connectivity index (χ2n) is 3.10. The molecule has 0 aliphatic heterocycles. The van der Waals surface area contributed by atoms with E-state index in [0.29, 0.717) is 0 Å². The van der Waals surface area contributed by atoms with Crippen LogP contribution < -0.4 is 5.32 Å². The van der Waals surface area contributed by atoms with Gasteiger partial charge in [-0.3, -0.25) is 4.79 Å². The zero-order valence-electron chi connectivity index (χ0n) is 9.12. The van der Waals surface area contributed by atoms with Crippen LogP contribution in [0, 0.1) is 29.1 Å². The SMILES string of the molecule is CCOC(=O)CNc1c(F)c(F)c(F)c(F)c1F. The molecule has 0 aliphatic carbocycles. The van der Waals surface area contributed by atoms with Crippen LogP contribution in [0.4, 0.5) is 27.6 Å². The standard InChI is InChI=1S/C10H8F5NO2/c1-2-18-4(17)3-16-10-8(14)6(12)5(11)7(13)9(10)15/h16H,2-3H2,1H3. The number of benzene rings is 1. The molecule has 0 spiro atoms. The first kappa shape index (κ1) is 14.2. The van der Waals surface area contributed by atoms with Crippen molar-refractivity contribution in [3.8, 4) is 0 Å². The highest BCUT2D eigenvalue weighted by Crippen LogP contribution is 2.26. The van der Waals surface area contributed by atoms with Crippen molar-refractivity contribution in [1.29, 1.82) is 0 Å². The summed E-state index contributed by atoms with van der Waals surface area (Å²) in [7, 11) is 0. The smallest absolute Gasteiger partial charge is 0.325 e. The Morgan fingerprint density at radius 1 is 1.00 bits per heavy atom. The highest BCUT2D eigenvalue weighted by atomic mass is 19.2. The summed E-state index contributed by atoms with van der Waals surface area (Å²) < 4.78 is 68.8. The van der Waals surface area contributed by atoms with Crippen LogP contribution in [0.25, 0.3) is 0 Å². The predicted octanol–water partition coefficient (Wildman–Crippen LogP) is 2.36. The molecule has 0 amide bonds. The highest BCUT2D eigenvalue weighted by molar-refractivity contribution is 5.75. The Hall–Kier alpha value is -1.86. The Bertz CT molecular complexity index is 449. The van der Waals surface area contributed by atoms with Crippen molar-refractivity contribution in [3.63, 3.8) is 0 Å². The lowest BCUT2D eigenvalue weighted by Gasteiger charge is -2.10. The zero-order valence-corrected chi connectivity index (χ0v) is 9.12. The Morgan fingerprint density at radius 2 is 1.44 bits per heavy atom. The number of halogens is 5. The van der Waals surface area contributed by atoms with Crippen molar-refractivity contribution in [3.05, 3.63) is 29.1 Å². The van der Waals surface area contributed by atoms with Gasteiger partial charge in [0.1, 0.15) is 12.2 Å². The molecule has 0 radical (unpaired) electrons. The molecular weight excluding hydrogens is 261 g/mol. The average molecular weight is 269 g/mol. The van der Waals surface area contributed by atoms with Gasteiger partial charge in [-0.2, -0.15) is 0 Å². The number of hydrogen-bond donors (Lipinski definition) is 1.